The van der Waals surface area contributed by atoms with E-state index < -0.39 is 12.1 Å². The molecular weight excluding hydrogens is 1090 g/mol. The lowest BCUT2D eigenvalue weighted by atomic mass is 10.0. The summed E-state index contributed by atoms with van der Waals surface area (Å²) in [6, 6.07) is -0.536. The molecule has 0 rings (SSSR count). The molecule has 0 heterocycles. The summed E-state index contributed by atoms with van der Waals surface area (Å²) >= 11 is 0. The third-order valence-electron chi connectivity index (χ3n) is 19.8. The summed E-state index contributed by atoms with van der Waals surface area (Å²) in [5, 5.41) is 23.4. The summed E-state index contributed by atoms with van der Waals surface area (Å²) in [5.41, 5.74) is 0. The Morgan fingerprint density at radius 2 is 0.528 bits per heavy atom. The van der Waals surface area contributed by atoms with Gasteiger partial charge in [-0.05, 0) is 51.4 Å². The Hall–Kier alpha value is -1.40. The topological polar surface area (TPSA) is 95.9 Å². The summed E-state index contributed by atoms with van der Waals surface area (Å²) in [7, 11) is 0. The molecule has 3 N–H and O–H groups in total. The molecule has 0 bridgehead atoms. The molecule has 0 spiro atoms. The highest BCUT2D eigenvalue weighted by Crippen LogP contribution is 2.21. The van der Waals surface area contributed by atoms with E-state index in [0.29, 0.717) is 25.9 Å². The van der Waals surface area contributed by atoms with Crippen molar-refractivity contribution in [2.45, 2.75) is 495 Å². The maximum absolute atomic E-state index is 12.6. The fraction of sp³-hybridized carbons (Fsp3) is 0.952. The largest absolute Gasteiger partial charge is 0.466 e. The van der Waals surface area contributed by atoms with Crippen LogP contribution in [0.25, 0.3) is 0 Å². The molecule has 0 aromatic carbocycles. The monoisotopic (exact) mass is 1250 g/mol. The molecule has 0 fully saturated rings. The van der Waals surface area contributed by atoms with Crippen molar-refractivity contribution < 1.29 is 24.5 Å². The number of esters is 1. The van der Waals surface area contributed by atoms with E-state index in [2.05, 4.69) is 31.3 Å². The van der Waals surface area contributed by atoms with Gasteiger partial charge < -0.3 is 20.3 Å². The smallest absolute Gasteiger partial charge is 0.305 e. The number of amides is 1. The predicted octanol–water partition coefficient (Wildman–Crippen LogP) is 27.4. The zero-order valence-electron chi connectivity index (χ0n) is 61.0. The van der Waals surface area contributed by atoms with E-state index in [0.717, 1.165) is 44.9 Å². The summed E-state index contributed by atoms with van der Waals surface area (Å²) in [6.45, 7) is 5.00. The highest BCUT2D eigenvalue weighted by molar-refractivity contribution is 5.76. The highest BCUT2D eigenvalue weighted by Gasteiger charge is 2.20. The maximum atomic E-state index is 12.6. The van der Waals surface area contributed by atoms with E-state index in [-0.39, 0.29) is 18.5 Å². The van der Waals surface area contributed by atoms with Crippen LogP contribution in [0.2, 0.25) is 0 Å². The molecule has 0 aromatic rings. The first-order chi connectivity index (χ1) is 44.0. The van der Waals surface area contributed by atoms with Crippen molar-refractivity contribution in [3.8, 4) is 0 Å². The Balaban J connectivity index is 3.29. The van der Waals surface area contributed by atoms with E-state index in [9.17, 15) is 19.8 Å². The minimum atomic E-state index is -0.660. The van der Waals surface area contributed by atoms with Crippen LogP contribution in [-0.4, -0.2) is 47.4 Å². The standard InChI is InChI=1S/C83H163NO5/c1-3-5-7-9-11-13-15-17-19-20-44-48-51-55-59-63-67-71-75-81(86)80(79-85)84-82(87)76-72-68-64-60-56-52-49-45-42-40-38-36-34-32-30-28-26-24-22-21-23-25-27-29-31-33-35-37-39-41-43-46-50-54-58-62-66-70-74-78-89-83(88)77-73-69-65-61-57-53-47-18-16-14-12-10-8-6-4-2/h18,47,80-81,85-86H,3-17,19-46,48-79H2,1-2H3,(H,84,87)/b47-18-. The summed E-state index contributed by atoms with van der Waals surface area (Å²) in [6.07, 6.45) is 100. The molecule has 6 heteroatoms. The molecule has 0 radical (unpaired) electrons. The van der Waals surface area contributed by atoms with E-state index in [1.165, 1.54) is 405 Å². The van der Waals surface area contributed by atoms with Crippen molar-refractivity contribution in [1.29, 1.82) is 0 Å². The molecular formula is C83H163NO5. The molecule has 6 nitrogen and oxygen atoms in total. The second-order valence-corrected chi connectivity index (χ2v) is 28.8. The zero-order chi connectivity index (χ0) is 64.2. The van der Waals surface area contributed by atoms with Crippen molar-refractivity contribution in [3.63, 3.8) is 0 Å². The molecule has 0 saturated heterocycles. The summed E-state index contributed by atoms with van der Waals surface area (Å²) < 4.78 is 5.50. The Bertz CT molecular complexity index is 1350. The molecule has 0 saturated carbocycles. The van der Waals surface area contributed by atoms with Crippen LogP contribution in [0.5, 0.6) is 0 Å². The highest BCUT2D eigenvalue weighted by atomic mass is 16.5. The molecule has 2 unspecified atom stereocenters. The van der Waals surface area contributed by atoms with Crippen molar-refractivity contribution in [2.75, 3.05) is 13.2 Å². The van der Waals surface area contributed by atoms with Gasteiger partial charge in [0.1, 0.15) is 0 Å². The van der Waals surface area contributed by atoms with Crippen molar-refractivity contribution in [3.05, 3.63) is 12.2 Å². The normalized spacial score (nSPS) is 12.4. The average molecular weight is 1260 g/mol. The number of aliphatic hydroxyl groups excluding tert-OH is 2. The van der Waals surface area contributed by atoms with Crippen LogP contribution in [0, 0.1) is 0 Å². The minimum Gasteiger partial charge on any atom is -0.466 e. The van der Waals surface area contributed by atoms with Crippen LogP contribution in [0.1, 0.15) is 483 Å². The van der Waals surface area contributed by atoms with Gasteiger partial charge in [0.15, 0.2) is 0 Å². The van der Waals surface area contributed by atoms with Gasteiger partial charge in [-0.1, -0.05) is 431 Å². The number of hydrogen-bond acceptors (Lipinski definition) is 5. The SMILES string of the molecule is CCCCCCCC/C=C\CCCCCCCC(=O)OCCCCCCCCCCCCCCCCCCCCCCCCCCCCCCCCCCCCCCCCCC(=O)NC(CO)C(O)CCCCCCCCCCCCCCCCCCCC. The second kappa shape index (κ2) is 79.0. The molecule has 2 atom stereocenters. The lowest BCUT2D eigenvalue weighted by Gasteiger charge is -2.22. The van der Waals surface area contributed by atoms with Gasteiger partial charge in [-0.15, -0.1) is 0 Å². The quantitative estimate of drug-likeness (QED) is 0.0320. The molecule has 1 amide bonds. The lowest BCUT2D eigenvalue weighted by molar-refractivity contribution is -0.143. The fourth-order valence-corrected chi connectivity index (χ4v) is 13.5. The van der Waals surface area contributed by atoms with Crippen molar-refractivity contribution in [1.82, 2.24) is 5.32 Å². The van der Waals surface area contributed by atoms with Crippen molar-refractivity contribution in [2.24, 2.45) is 0 Å². The fourth-order valence-electron chi connectivity index (χ4n) is 13.5. The molecule has 89 heavy (non-hydrogen) atoms. The number of allylic oxidation sites excluding steroid dienone is 2. The Morgan fingerprint density at radius 1 is 0.303 bits per heavy atom. The molecule has 0 aliphatic rings. The van der Waals surface area contributed by atoms with E-state index in [4.69, 9.17) is 4.74 Å². The van der Waals surface area contributed by atoms with Crippen LogP contribution in [-0.2, 0) is 14.3 Å². The number of rotatable bonds is 79. The number of aliphatic hydroxyl groups is 2. The zero-order valence-corrected chi connectivity index (χ0v) is 61.0. The van der Waals surface area contributed by atoms with Crippen LogP contribution >= 0.6 is 0 Å². The van der Waals surface area contributed by atoms with Crippen molar-refractivity contribution >= 4 is 11.9 Å². The summed E-state index contributed by atoms with van der Waals surface area (Å²) in [5.74, 6) is -0.00642. The first kappa shape index (κ1) is 87.6. The van der Waals surface area contributed by atoms with Crippen LogP contribution in [0.4, 0.5) is 0 Å². The van der Waals surface area contributed by atoms with E-state index in [1.54, 1.807) is 0 Å². The molecule has 0 aliphatic heterocycles. The number of unbranched alkanes of at least 4 members (excludes halogenated alkanes) is 66. The van der Waals surface area contributed by atoms with Gasteiger partial charge in [0.25, 0.3) is 0 Å². The minimum absolute atomic E-state index is 0.0173. The predicted molar refractivity (Wildman–Crippen MR) is 394 cm³/mol. The Kier molecular flexibility index (Phi) is 77.8. The lowest BCUT2D eigenvalue weighted by Crippen LogP contribution is -2.45. The third kappa shape index (κ3) is 75.5. The van der Waals surface area contributed by atoms with Crippen LogP contribution < -0.4 is 5.32 Å². The van der Waals surface area contributed by atoms with Gasteiger partial charge in [0.2, 0.25) is 5.91 Å². The molecule has 0 aromatic heterocycles. The van der Waals surface area contributed by atoms with Gasteiger partial charge in [0, 0.05) is 12.8 Å². The number of carbonyl (C=O) groups excluding carboxylic acids is 2. The van der Waals surface area contributed by atoms with Gasteiger partial charge >= 0.3 is 5.97 Å². The van der Waals surface area contributed by atoms with Gasteiger partial charge in [-0.2, -0.15) is 0 Å². The van der Waals surface area contributed by atoms with E-state index in [1.807, 2.05) is 0 Å². The van der Waals surface area contributed by atoms with Gasteiger partial charge in [-0.3, -0.25) is 9.59 Å². The van der Waals surface area contributed by atoms with E-state index >= 15 is 0 Å². The number of carbonyl (C=O) groups is 2. The van der Waals surface area contributed by atoms with Crippen LogP contribution in [0.15, 0.2) is 12.2 Å². The molecule has 0 aliphatic carbocycles. The van der Waals surface area contributed by atoms with Crippen LogP contribution in [0.3, 0.4) is 0 Å². The third-order valence-corrected chi connectivity index (χ3v) is 19.8. The van der Waals surface area contributed by atoms with Gasteiger partial charge in [-0.25, -0.2) is 0 Å². The summed E-state index contributed by atoms with van der Waals surface area (Å²) in [4.78, 5) is 24.6. The second-order valence-electron chi connectivity index (χ2n) is 28.8. The average Bonchev–Trinajstić information content (AvgIpc) is 3.60. The number of ether oxygens (including phenoxy) is 1. The Labute approximate surface area is 559 Å². The first-order valence-corrected chi connectivity index (χ1v) is 41.4. The maximum Gasteiger partial charge on any atom is 0.305 e. The number of nitrogens with one attached hydrogen (secondary N) is 1. The first-order valence-electron chi connectivity index (χ1n) is 41.4. The number of hydrogen-bond donors (Lipinski definition) is 3. The van der Waals surface area contributed by atoms with Gasteiger partial charge in [0.05, 0.1) is 25.4 Å². The molecule has 530 valence electrons. The Morgan fingerprint density at radius 3 is 0.798 bits per heavy atom.